The van der Waals surface area contributed by atoms with Gasteiger partial charge in [-0.05, 0) is 37.0 Å². The lowest BCUT2D eigenvalue weighted by Crippen LogP contribution is -2.59. The number of nitrogens with zero attached hydrogens (tertiary/aromatic N) is 2. The largest absolute Gasteiger partial charge is 0.354 e. The maximum atomic E-state index is 13.0. The van der Waals surface area contributed by atoms with E-state index in [0.29, 0.717) is 25.9 Å². The molecule has 2 aromatic carbocycles. The molecule has 0 bridgehead atoms. The molecule has 1 aromatic heterocycles. The van der Waals surface area contributed by atoms with Crippen LogP contribution in [0.3, 0.4) is 0 Å². The second kappa shape index (κ2) is 9.64. The van der Waals surface area contributed by atoms with Crippen LogP contribution in [0.15, 0.2) is 60.9 Å². The fraction of sp³-hybridized carbons (Fsp3) is 0.375. The fourth-order valence-electron chi connectivity index (χ4n) is 4.24. The number of aromatic nitrogens is 2. The molecule has 7 heteroatoms. The highest BCUT2D eigenvalue weighted by Crippen LogP contribution is 2.30. The minimum absolute atomic E-state index is 0.0876. The van der Waals surface area contributed by atoms with Crippen molar-refractivity contribution in [2.45, 2.75) is 50.7 Å². The quantitative estimate of drug-likeness (QED) is 0.489. The Hall–Kier alpha value is -3.35. The average molecular weight is 420 g/mol. The lowest BCUT2D eigenvalue weighted by atomic mass is 9.96. The monoisotopic (exact) mass is 419 g/mol. The van der Waals surface area contributed by atoms with Crippen LogP contribution in [-0.4, -0.2) is 33.6 Å². The number of hydrogen-bond acceptors (Lipinski definition) is 3. The van der Waals surface area contributed by atoms with E-state index in [-0.39, 0.29) is 11.9 Å². The molecule has 0 radical (unpaired) electrons. The number of fused-ring (bicyclic) bond motifs is 1. The topological polar surface area (TPSA) is 88.0 Å². The number of benzene rings is 2. The summed E-state index contributed by atoms with van der Waals surface area (Å²) in [5.74, 6) is -0.0876. The first kappa shape index (κ1) is 20.9. The van der Waals surface area contributed by atoms with Crippen molar-refractivity contribution in [3.63, 3.8) is 0 Å². The molecule has 1 heterocycles. The van der Waals surface area contributed by atoms with Crippen molar-refractivity contribution in [3.8, 4) is 0 Å². The smallest absolute Gasteiger partial charge is 0.315 e. The van der Waals surface area contributed by atoms with Gasteiger partial charge in [0, 0.05) is 19.6 Å². The summed E-state index contributed by atoms with van der Waals surface area (Å²) in [7, 11) is 0. The number of rotatable bonds is 8. The summed E-state index contributed by atoms with van der Waals surface area (Å²) in [6.45, 7) is 1.77. The Kier molecular flexibility index (Phi) is 6.50. The molecule has 1 aliphatic rings. The molecule has 7 nitrogen and oxygen atoms in total. The van der Waals surface area contributed by atoms with Gasteiger partial charge in [-0.25, -0.2) is 9.78 Å². The maximum Gasteiger partial charge on any atom is 0.315 e. The molecule has 162 valence electrons. The number of amides is 3. The van der Waals surface area contributed by atoms with Crippen LogP contribution in [0.2, 0.25) is 0 Å². The molecule has 0 saturated heterocycles. The van der Waals surface area contributed by atoms with Crippen molar-refractivity contribution in [1.82, 2.24) is 25.5 Å². The lowest BCUT2D eigenvalue weighted by molar-refractivity contribution is -0.127. The number of carbonyl (C=O) groups excluding carboxylic acids is 2. The van der Waals surface area contributed by atoms with Gasteiger partial charge in [-0.3, -0.25) is 4.79 Å². The summed E-state index contributed by atoms with van der Waals surface area (Å²) in [6.07, 6.45) is 5.85. The van der Waals surface area contributed by atoms with E-state index in [1.54, 1.807) is 0 Å². The van der Waals surface area contributed by atoms with Crippen molar-refractivity contribution in [2.75, 3.05) is 6.54 Å². The van der Waals surface area contributed by atoms with Gasteiger partial charge in [0.15, 0.2) is 0 Å². The maximum absolute atomic E-state index is 13.0. The third-order valence-electron chi connectivity index (χ3n) is 5.93. The second-order valence-corrected chi connectivity index (χ2v) is 8.12. The van der Waals surface area contributed by atoms with E-state index in [2.05, 4.69) is 25.5 Å². The van der Waals surface area contributed by atoms with Crippen molar-refractivity contribution in [3.05, 3.63) is 66.5 Å². The summed E-state index contributed by atoms with van der Waals surface area (Å²) in [6, 6.07) is 17.5. The third-order valence-corrected chi connectivity index (χ3v) is 5.93. The molecule has 0 unspecified atom stereocenters. The molecule has 0 spiro atoms. The van der Waals surface area contributed by atoms with E-state index >= 15 is 0 Å². The van der Waals surface area contributed by atoms with E-state index in [1.165, 1.54) is 0 Å². The van der Waals surface area contributed by atoms with E-state index in [4.69, 9.17) is 0 Å². The Bertz CT molecular complexity index is 1020. The van der Waals surface area contributed by atoms with E-state index < -0.39 is 5.54 Å². The Morgan fingerprint density at radius 1 is 0.968 bits per heavy atom. The summed E-state index contributed by atoms with van der Waals surface area (Å²) in [4.78, 5) is 29.9. The van der Waals surface area contributed by atoms with Gasteiger partial charge in [0.1, 0.15) is 5.54 Å². The molecule has 3 aromatic rings. The van der Waals surface area contributed by atoms with E-state index in [1.807, 2.05) is 60.9 Å². The highest BCUT2D eigenvalue weighted by molar-refractivity contribution is 5.91. The Balaban J connectivity index is 1.27. The summed E-state index contributed by atoms with van der Waals surface area (Å²) in [5.41, 5.74) is 2.28. The molecular formula is C24H29N5O2. The van der Waals surface area contributed by atoms with Crippen molar-refractivity contribution < 1.29 is 9.59 Å². The van der Waals surface area contributed by atoms with Gasteiger partial charge in [0.2, 0.25) is 5.91 Å². The normalized spacial score (nSPS) is 15.0. The zero-order chi connectivity index (χ0) is 21.5. The number of hydrogen-bond donors (Lipinski definition) is 3. The number of imidazole rings is 1. The van der Waals surface area contributed by atoms with Crippen molar-refractivity contribution in [2.24, 2.45) is 0 Å². The number of nitrogens with one attached hydrogen (secondary N) is 3. The number of urea groups is 1. The van der Waals surface area contributed by atoms with E-state index in [9.17, 15) is 9.59 Å². The van der Waals surface area contributed by atoms with Crippen LogP contribution >= 0.6 is 0 Å². The first-order valence-corrected chi connectivity index (χ1v) is 10.9. The van der Waals surface area contributed by atoms with Crippen LogP contribution in [0.5, 0.6) is 0 Å². The third kappa shape index (κ3) is 5.05. The Morgan fingerprint density at radius 3 is 2.52 bits per heavy atom. The molecule has 4 rings (SSSR count). The zero-order valence-corrected chi connectivity index (χ0v) is 17.6. The zero-order valence-electron chi connectivity index (χ0n) is 17.6. The molecule has 1 saturated carbocycles. The van der Waals surface area contributed by atoms with Crippen molar-refractivity contribution >= 4 is 23.0 Å². The average Bonchev–Trinajstić information content (AvgIpc) is 3.44. The summed E-state index contributed by atoms with van der Waals surface area (Å²) < 4.78 is 2.10. The van der Waals surface area contributed by atoms with Gasteiger partial charge < -0.3 is 20.5 Å². The first-order chi connectivity index (χ1) is 15.2. The molecular weight excluding hydrogens is 390 g/mol. The number of aryl methyl sites for hydroxylation is 1. The predicted octanol–water partition coefficient (Wildman–Crippen LogP) is 3.35. The van der Waals surface area contributed by atoms with Gasteiger partial charge in [-0.2, -0.15) is 0 Å². The van der Waals surface area contributed by atoms with Crippen LogP contribution in [-0.2, 0) is 17.9 Å². The minimum atomic E-state index is -0.817. The molecule has 0 aliphatic heterocycles. The first-order valence-electron chi connectivity index (χ1n) is 10.9. The van der Waals surface area contributed by atoms with Gasteiger partial charge in [0.25, 0.3) is 0 Å². The molecule has 3 amide bonds. The standard InChI is InChI=1S/C24H29N5O2/c30-22(25-15-8-16-29-18-27-20-11-4-5-12-21(20)29)24(13-6-7-14-24)28-23(31)26-17-19-9-2-1-3-10-19/h1-5,9-12,18H,6-8,13-17H2,(H,25,30)(H2,26,28,31). The van der Waals surface area contributed by atoms with Crippen LogP contribution in [0.4, 0.5) is 4.79 Å². The van der Waals surface area contributed by atoms with Crippen LogP contribution in [0, 0.1) is 0 Å². The predicted molar refractivity (Wildman–Crippen MR) is 120 cm³/mol. The highest BCUT2D eigenvalue weighted by atomic mass is 16.2. The number of carbonyl (C=O) groups is 2. The Morgan fingerprint density at radius 2 is 1.71 bits per heavy atom. The van der Waals surface area contributed by atoms with Gasteiger partial charge >= 0.3 is 6.03 Å². The number of para-hydroxylation sites is 2. The van der Waals surface area contributed by atoms with Crippen LogP contribution in [0.25, 0.3) is 11.0 Å². The van der Waals surface area contributed by atoms with Crippen LogP contribution < -0.4 is 16.0 Å². The lowest BCUT2D eigenvalue weighted by Gasteiger charge is -2.29. The van der Waals surface area contributed by atoms with E-state index in [0.717, 1.165) is 42.4 Å². The van der Waals surface area contributed by atoms with Gasteiger partial charge in [-0.15, -0.1) is 0 Å². The summed E-state index contributed by atoms with van der Waals surface area (Å²) >= 11 is 0. The molecule has 0 atom stereocenters. The SMILES string of the molecule is O=C(NCc1ccccc1)NC1(C(=O)NCCCn2cnc3ccccc32)CCCC1. The van der Waals surface area contributed by atoms with Crippen molar-refractivity contribution in [1.29, 1.82) is 0 Å². The van der Waals surface area contributed by atoms with Gasteiger partial charge in [0.05, 0.1) is 17.4 Å². The fourth-order valence-corrected chi connectivity index (χ4v) is 4.24. The summed E-state index contributed by atoms with van der Waals surface area (Å²) in [5, 5.41) is 8.87. The Labute approximate surface area is 182 Å². The van der Waals surface area contributed by atoms with Gasteiger partial charge in [-0.1, -0.05) is 55.3 Å². The molecule has 3 N–H and O–H groups in total. The minimum Gasteiger partial charge on any atom is -0.354 e. The highest BCUT2D eigenvalue weighted by Gasteiger charge is 2.42. The second-order valence-electron chi connectivity index (χ2n) is 8.12. The molecule has 31 heavy (non-hydrogen) atoms. The molecule has 1 aliphatic carbocycles. The molecule has 1 fully saturated rings. The van der Waals surface area contributed by atoms with Crippen LogP contribution in [0.1, 0.15) is 37.7 Å².